The maximum atomic E-state index is 12.2. The molecule has 2 N–H and O–H groups in total. The third kappa shape index (κ3) is 4.01. The number of aromatic nitrogens is 2. The molecule has 0 aliphatic rings. The number of amides is 1. The van der Waals surface area contributed by atoms with E-state index in [0.717, 1.165) is 5.69 Å². The molecule has 0 radical (unpaired) electrons. The molecule has 0 saturated heterocycles. The SMILES string of the molecule is O=C(Nc1ccc(Cl)c(Cl)c1)c1cnc(Nc2ccccc2)nc1. The number of carbonyl (C=O) groups is 1. The van der Waals surface area contributed by atoms with Crippen molar-refractivity contribution >= 4 is 46.4 Å². The van der Waals surface area contributed by atoms with Gasteiger partial charge in [0.2, 0.25) is 5.95 Å². The lowest BCUT2D eigenvalue weighted by molar-refractivity contribution is 0.102. The van der Waals surface area contributed by atoms with Crippen molar-refractivity contribution in [3.05, 3.63) is 76.5 Å². The van der Waals surface area contributed by atoms with Crippen molar-refractivity contribution in [2.45, 2.75) is 0 Å². The molecule has 2 aromatic carbocycles. The zero-order valence-corrected chi connectivity index (χ0v) is 13.8. The van der Waals surface area contributed by atoms with Crippen LogP contribution in [0.5, 0.6) is 0 Å². The fourth-order valence-corrected chi connectivity index (χ4v) is 2.24. The van der Waals surface area contributed by atoms with Crippen molar-refractivity contribution < 1.29 is 4.79 Å². The van der Waals surface area contributed by atoms with Crippen LogP contribution < -0.4 is 10.6 Å². The number of para-hydroxylation sites is 1. The number of halogens is 2. The lowest BCUT2D eigenvalue weighted by Crippen LogP contribution is -2.13. The fourth-order valence-electron chi connectivity index (χ4n) is 1.94. The smallest absolute Gasteiger partial charge is 0.258 e. The summed E-state index contributed by atoms with van der Waals surface area (Å²) in [7, 11) is 0. The molecule has 24 heavy (non-hydrogen) atoms. The summed E-state index contributed by atoms with van der Waals surface area (Å²) in [6.45, 7) is 0. The maximum absolute atomic E-state index is 12.2. The number of carbonyl (C=O) groups excluding carboxylic acids is 1. The number of hydrogen-bond donors (Lipinski definition) is 2. The number of hydrogen-bond acceptors (Lipinski definition) is 4. The molecular weight excluding hydrogens is 347 g/mol. The Hall–Kier alpha value is -2.63. The summed E-state index contributed by atoms with van der Waals surface area (Å²) in [4.78, 5) is 20.5. The average Bonchev–Trinajstić information content (AvgIpc) is 2.60. The highest BCUT2D eigenvalue weighted by molar-refractivity contribution is 6.42. The Morgan fingerprint density at radius 3 is 2.25 bits per heavy atom. The summed E-state index contributed by atoms with van der Waals surface area (Å²) >= 11 is 11.8. The molecule has 0 aliphatic carbocycles. The van der Waals surface area contributed by atoms with Crippen molar-refractivity contribution in [2.75, 3.05) is 10.6 Å². The van der Waals surface area contributed by atoms with Crippen LogP contribution in [-0.2, 0) is 0 Å². The molecule has 1 heterocycles. The molecule has 0 bridgehead atoms. The molecule has 1 amide bonds. The van der Waals surface area contributed by atoms with Gasteiger partial charge in [0.25, 0.3) is 5.91 Å². The summed E-state index contributed by atoms with van der Waals surface area (Å²) < 4.78 is 0. The molecule has 0 fully saturated rings. The first-order valence-electron chi connectivity index (χ1n) is 7.02. The zero-order valence-electron chi connectivity index (χ0n) is 12.3. The predicted octanol–water partition coefficient (Wildman–Crippen LogP) is 4.78. The Labute approximate surface area is 148 Å². The number of rotatable bonds is 4. The van der Waals surface area contributed by atoms with E-state index in [2.05, 4.69) is 20.6 Å². The summed E-state index contributed by atoms with van der Waals surface area (Å²) in [5.41, 5.74) is 1.74. The van der Waals surface area contributed by atoms with Crippen molar-refractivity contribution in [2.24, 2.45) is 0 Å². The van der Waals surface area contributed by atoms with Gasteiger partial charge in [-0.3, -0.25) is 4.79 Å². The molecule has 0 aliphatic heterocycles. The van der Waals surface area contributed by atoms with Gasteiger partial charge in [-0.05, 0) is 30.3 Å². The Morgan fingerprint density at radius 2 is 1.58 bits per heavy atom. The molecule has 1 aromatic heterocycles. The first-order chi connectivity index (χ1) is 11.6. The van der Waals surface area contributed by atoms with Gasteiger partial charge in [0.15, 0.2) is 0 Å². The Balaban J connectivity index is 1.68. The Morgan fingerprint density at radius 1 is 0.875 bits per heavy atom. The third-order valence-corrected chi connectivity index (χ3v) is 3.86. The van der Waals surface area contributed by atoms with E-state index in [9.17, 15) is 4.79 Å². The zero-order chi connectivity index (χ0) is 16.9. The van der Waals surface area contributed by atoms with Crippen molar-refractivity contribution in [1.82, 2.24) is 9.97 Å². The molecule has 3 aromatic rings. The van der Waals surface area contributed by atoms with Gasteiger partial charge in [-0.2, -0.15) is 0 Å². The Bertz CT molecular complexity index is 854. The molecule has 0 atom stereocenters. The van der Waals surface area contributed by atoms with E-state index in [4.69, 9.17) is 23.2 Å². The minimum absolute atomic E-state index is 0.333. The second kappa shape index (κ2) is 7.29. The van der Waals surface area contributed by atoms with Crippen LogP contribution in [0.3, 0.4) is 0 Å². The highest BCUT2D eigenvalue weighted by Gasteiger charge is 2.09. The monoisotopic (exact) mass is 358 g/mol. The van der Waals surface area contributed by atoms with Gasteiger partial charge in [-0.25, -0.2) is 9.97 Å². The fraction of sp³-hybridized carbons (Fsp3) is 0. The molecule has 0 spiro atoms. The number of nitrogens with one attached hydrogen (secondary N) is 2. The number of anilines is 3. The van der Waals surface area contributed by atoms with Gasteiger partial charge in [0.1, 0.15) is 0 Å². The van der Waals surface area contributed by atoms with Crippen LogP contribution in [0.25, 0.3) is 0 Å². The minimum atomic E-state index is -0.334. The van der Waals surface area contributed by atoms with E-state index in [1.165, 1.54) is 12.4 Å². The van der Waals surface area contributed by atoms with E-state index < -0.39 is 0 Å². The maximum Gasteiger partial charge on any atom is 0.258 e. The van der Waals surface area contributed by atoms with Crippen LogP contribution in [-0.4, -0.2) is 15.9 Å². The average molecular weight is 359 g/mol. The van der Waals surface area contributed by atoms with Gasteiger partial charge in [-0.1, -0.05) is 41.4 Å². The van der Waals surface area contributed by atoms with Crippen LogP contribution in [0.1, 0.15) is 10.4 Å². The highest BCUT2D eigenvalue weighted by atomic mass is 35.5. The van der Waals surface area contributed by atoms with Crippen LogP contribution in [0.4, 0.5) is 17.3 Å². The second-order valence-corrected chi connectivity index (χ2v) is 5.68. The first kappa shape index (κ1) is 16.2. The largest absolute Gasteiger partial charge is 0.324 e. The van der Waals surface area contributed by atoms with Crippen LogP contribution in [0.15, 0.2) is 60.9 Å². The Kier molecular flexibility index (Phi) is 4.93. The summed E-state index contributed by atoms with van der Waals surface area (Å²) in [5, 5.41) is 6.55. The van der Waals surface area contributed by atoms with Crippen LogP contribution in [0, 0.1) is 0 Å². The number of nitrogens with zero attached hydrogens (tertiary/aromatic N) is 2. The van der Waals surface area contributed by atoms with E-state index in [1.807, 2.05) is 30.3 Å². The van der Waals surface area contributed by atoms with E-state index in [-0.39, 0.29) is 5.91 Å². The normalized spacial score (nSPS) is 10.2. The van der Waals surface area contributed by atoms with Gasteiger partial charge in [-0.15, -0.1) is 0 Å². The van der Waals surface area contributed by atoms with Crippen molar-refractivity contribution in [3.8, 4) is 0 Å². The molecule has 5 nitrogen and oxygen atoms in total. The third-order valence-electron chi connectivity index (χ3n) is 3.12. The molecule has 7 heteroatoms. The molecule has 0 unspecified atom stereocenters. The van der Waals surface area contributed by atoms with E-state index in [1.54, 1.807) is 18.2 Å². The lowest BCUT2D eigenvalue weighted by atomic mass is 10.2. The van der Waals surface area contributed by atoms with Gasteiger partial charge >= 0.3 is 0 Å². The molecular formula is C17H12Cl2N4O. The highest BCUT2D eigenvalue weighted by Crippen LogP contribution is 2.25. The minimum Gasteiger partial charge on any atom is -0.324 e. The van der Waals surface area contributed by atoms with Crippen molar-refractivity contribution in [3.63, 3.8) is 0 Å². The second-order valence-electron chi connectivity index (χ2n) is 4.87. The first-order valence-corrected chi connectivity index (χ1v) is 7.78. The molecule has 0 saturated carbocycles. The van der Waals surface area contributed by atoms with Crippen LogP contribution in [0.2, 0.25) is 10.0 Å². The van der Waals surface area contributed by atoms with Crippen molar-refractivity contribution in [1.29, 1.82) is 0 Å². The summed E-state index contributed by atoms with van der Waals surface area (Å²) in [5.74, 6) is 0.0759. The van der Waals surface area contributed by atoms with Gasteiger partial charge in [0, 0.05) is 23.8 Å². The molecule has 3 rings (SSSR count). The van der Waals surface area contributed by atoms with E-state index >= 15 is 0 Å². The summed E-state index contributed by atoms with van der Waals surface area (Å²) in [6, 6.07) is 14.4. The lowest BCUT2D eigenvalue weighted by Gasteiger charge is -2.07. The van der Waals surface area contributed by atoms with Crippen LogP contribution >= 0.6 is 23.2 Å². The topological polar surface area (TPSA) is 66.9 Å². The molecule has 120 valence electrons. The quantitative estimate of drug-likeness (QED) is 0.704. The predicted molar refractivity (Wildman–Crippen MR) is 96.2 cm³/mol. The number of benzene rings is 2. The van der Waals surface area contributed by atoms with E-state index in [0.29, 0.717) is 27.2 Å². The van der Waals surface area contributed by atoms with Gasteiger partial charge in [0.05, 0.1) is 15.6 Å². The van der Waals surface area contributed by atoms with Gasteiger partial charge < -0.3 is 10.6 Å². The standard InChI is InChI=1S/C17H12Cl2N4O/c18-14-7-6-13(8-15(14)19)22-16(24)11-9-20-17(21-10-11)23-12-4-2-1-3-5-12/h1-10H,(H,22,24)(H,20,21,23). The summed E-state index contributed by atoms with van der Waals surface area (Å²) in [6.07, 6.45) is 2.90.